The van der Waals surface area contributed by atoms with Gasteiger partial charge in [0.15, 0.2) is 0 Å². The number of hydrazine groups is 2. The molecule has 0 saturated heterocycles. The summed E-state index contributed by atoms with van der Waals surface area (Å²) in [7, 11) is 0. The molecule has 0 aromatic carbocycles. The minimum Gasteiger partial charge on any atom is -0.291 e. The number of allylic oxidation sites excluding steroid dienone is 2. The number of nitrogens with zero attached hydrogens (tertiary/aromatic N) is 1. The molecule has 0 aromatic rings. The Morgan fingerprint density at radius 1 is 1.75 bits per heavy atom. The van der Waals surface area contributed by atoms with Crippen LogP contribution in [0.15, 0.2) is 23.0 Å². The molecule has 1 heterocycles. The van der Waals surface area contributed by atoms with Crippen molar-refractivity contribution in [2.24, 2.45) is 5.84 Å². The van der Waals surface area contributed by atoms with Gasteiger partial charge in [-0.05, 0) is 22.0 Å². The van der Waals surface area contributed by atoms with Crippen molar-refractivity contribution in [2.75, 3.05) is 0 Å². The van der Waals surface area contributed by atoms with E-state index in [1.54, 1.807) is 12.4 Å². The SMILES string of the molecule is NN1C=CC(Br)=CN1. The molecule has 44 valence electrons. The molecule has 0 unspecified atom stereocenters. The molecule has 3 N–H and O–H groups in total. The molecule has 1 aliphatic heterocycles. The van der Waals surface area contributed by atoms with Crippen LogP contribution in [-0.2, 0) is 0 Å². The molecule has 0 fully saturated rings. The topological polar surface area (TPSA) is 41.3 Å². The largest absolute Gasteiger partial charge is 0.291 e. The third kappa shape index (κ3) is 1.24. The quantitative estimate of drug-likeness (QED) is 0.526. The van der Waals surface area contributed by atoms with Crippen LogP contribution >= 0.6 is 15.9 Å². The van der Waals surface area contributed by atoms with Crippen LogP contribution in [0.3, 0.4) is 0 Å². The Balaban J connectivity index is 2.58. The van der Waals surface area contributed by atoms with Gasteiger partial charge in [0.25, 0.3) is 0 Å². The van der Waals surface area contributed by atoms with Gasteiger partial charge in [-0.25, -0.2) is 11.0 Å². The number of nitrogens with one attached hydrogen (secondary N) is 1. The first-order valence-corrected chi connectivity index (χ1v) is 2.92. The van der Waals surface area contributed by atoms with Crippen molar-refractivity contribution in [1.29, 1.82) is 0 Å². The van der Waals surface area contributed by atoms with Gasteiger partial charge >= 0.3 is 0 Å². The summed E-state index contributed by atoms with van der Waals surface area (Å²) in [6, 6.07) is 0. The average molecular weight is 176 g/mol. The summed E-state index contributed by atoms with van der Waals surface area (Å²) in [6.45, 7) is 0. The van der Waals surface area contributed by atoms with Crippen molar-refractivity contribution < 1.29 is 0 Å². The van der Waals surface area contributed by atoms with Gasteiger partial charge in [-0.3, -0.25) is 5.43 Å². The predicted molar refractivity (Wildman–Crippen MR) is 35.3 cm³/mol. The lowest BCUT2D eigenvalue weighted by atomic mass is 10.5. The van der Waals surface area contributed by atoms with Gasteiger partial charge in [0.2, 0.25) is 0 Å². The number of nitrogens with two attached hydrogens (primary N) is 1. The van der Waals surface area contributed by atoms with Crippen LogP contribution in [0.4, 0.5) is 0 Å². The van der Waals surface area contributed by atoms with Gasteiger partial charge in [0.1, 0.15) is 0 Å². The van der Waals surface area contributed by atoms with Crippen LogP contribution in [0, 0.1) is 0 Å². The standard InChI is InChI=1S/C4H6BrN3/c5-4-1-2-8(6)7-3-4/h1-3,7H,6H2. The molecule has 8 heavy (non-hydrogen) atoms. The highest BCUT2D eigenvalue weighted by Gasteiger charge is 1.92. The monoisotopic (exact) mass is 175 g/mol. The third-order valence-electron chi connectivity index (χ3n) is 0.746. The summed E-state index contributed by atoms with van der Waals surface area (Å²) in [5.74, 6) is 5.27. The van der Waals surface area contributed by atoms with Crippen molar-refractivity contribution in [1.82, 2.24) is 10.5 Å². The van der Waals surface area contributed by atoms with Gasteiger partial charge in [-0.2, -0.15) is 0 Å². The van der Waals surface area contributed by atoms with Crippen LogP contribution in [0.5, 0.6) is 0 Å². The second-order valence-corrected chi connectivity index (χ2v) is 2.30. The van der Waals surface area contributed by atoms with E-state index in [9.17, 15) is 0 Å². The van der Waals surface area contributed by atoms with E-state index < -0.39 is 0 Å². The first-order chi connectivity index (χ1) is 3.79. The fourth-order valence-electron chi connectivity index (χ4n) is 0.379. The van der Waals surface area contributed by atoms with Crippen LogP contribution in [0.1, 0.15) is 0 Å². The van der Waals surface area contributed by atoms with E-state index in [0.717, 1.165) is 4.48 Å². The number of rotatable bonds is 0. The van der Waals surface area contributed by atoms with E-state index in [0.29, 0.717) is 0 Å². The Morgan fingerprint density at radius 3 is 2.88 bits per heavy atom. The maximum atomic E-state index is 5.27. The smallest absolute Gasteiger partial charge is 0.0404 e. The molecule has 0 bridgehead atoms. The molecule has 1 rings (SSSR count). The fourth-order valence-corrected chi connectivity index (χ4v) is 0.599. The lowest BCUT2D eigenvalue weighted by Gasteiger charge is -2.15. The first-order valence-electron chi connectivity index (χ1n) is 2.13. The molecule has 0 aliphatic carbocycles. The van der Waals surface area contributed by atoms with Gasteiger partial charge < -0.3 is 0 Å². The van der Waals surface area contributed by atoms with Gasteiger partial charge in [0.05, 0.1) is 0 Å². The zero-order chi connectivity index (χ0) is 5.98. The number of hydrogen-bond acceptors (Lipinski definition) is 3. The molecule has 0 radical (unpaired) electrons. The normalized spacial score (nSPS) is 17.8. The Bertz CT molecular complexity index is 140. The van der Waals surface area contributed by atoms with Gasteiger partial charge in [0, 0.05) is 16.9 Å². The maximum absolute atomic E-state index is 5.27. The Labute approximate surface area is 55.9 Å². The maximum Gasteiger partial charge on any atom is 0.0404 e. The van der Waals surface area contributed by atoms with Crippen LogP contribution in [-0.4, -0.2) is 5.12 Å². The minimum absolute atomic E-state index is 0.985. The summed E-state index contributed by atoms with van der Waals surface area (Å²) in [6.07, 6.45) is 5.31. The van der Waals surface area contributed by atoms with Crippen molar-refractivity contribution in [3.05, 3.63) is 23.0 Å². The zero-order valence-electron chi connectivity index (χ0n) is 4.13. The Hall–Kier alpha value is -0.480. The predicted octanol–water partition coefficient (Wildman–Crippen LogP) is 0.430. The molecular weight excluding hydrogens is 170 g/mol. The van der Waals surface area contributed by atoms with Crippen LogP contribution < -0.4 is 11.3 Å². The van der Waals surface area contributed by atoms with Crippen molar-refractivity contribution in [3.8, 4) is 0 Å². The van der Waals surface area contributed by atoms with Crippen LogP contribution in [0.2, 0.25) is 0 Å². The van der Waals surface area contributed by atoms with E-state index in [1.807, 2.05) is 6.08 Å². The van der Waals surface area contributed by atoms with E-state index in [-0.39, 0.29) is 0 Å². The van der Waals surface area contributed by atoms with Crippen LogP contribution in [0.25, 0.3) is 0 Å². The van der Waals surface area contributed by atoms with Gasteiger partial charge in [-0.15, -0.1) is 0 Å². The van der Waals surface area contributed by atoms with E-state index in [4.69, 9.17) is 5.84 Å². The Kier molecular flexibility index (Phi) is 1.55. The number of halogens is 1. The lowest BCUT2D eigenvalue weighted by molar-refractivity contribution is 0.325. The summed E-state index contributed by atoms with van der Waals surface area (Å²) in [5, 5.41) is 1.37. The second-order valence-electron chi connectivity index (χ2n) is 1.38. The molecule has 0 atom stereocenters. The molecule has 1 aliphatic rings. The molecule has 0 saturated carbocycles. The summed E-state index contributed by atoms with van der Waals surface area (Å²) in [4.78, 5) is 0. The first kappa shape index (κ1) is 5.65. The highest BCUT2D eigenvalue weighted by Crippen LogP contribution is 2.07. The van der Waals surface area contributed by atoms with E-state index >= 15 is 0 Å². The summed E-state index contributed by atoms with van der Waals surface area (Å²) in [5.41, 5.74) is 2.75. The highest BCUT2D eigenvalue weighted by molar-refractivity contribution is 9.11. The van der Waals surface area contributed by atoms with Gasteiger partial charge in [-0.1, -0.05) is 0 Å². The Morgan fingerprint density at radius 2 is 2.50 bits per heavy atom. The van der Waals surface area contributed by atoms with Crippen molar-refractivity contribution >= 4 is 15.9 Å². The van der Waals surface area contributed by atoms with Crippen molar-refractivity contribution in [3.63, 3.8) is 0 Å². The third-order valence-corrected chi connectivity index (χ3v) is 1.24. The molecule has 0 amide bonds. The van der Waals surface area contributed by atoms with E-state index in [1.165, 1.54) is 5.12 Å². The summed E-state index contributed by atoms with van der Waals surface area (Å²) < 4.78 is 0.985. The fraction of sp³-hybridized carbons (Fsp3) is 0. The highest BCUT2D eigenvalue weighted by atomic mass is 79.9. The van der Waals surface area contributed by atoms with Crippen molar-refractivity contribution in [2.45, 2.75) is 0 Å². The second kappa shape index (κ2) is 2.19. The zero-order valence-corrected chi connectivity index (χ0v) is 5.72. The molecular formula is C4H6BrN3. The summed E-state index contributed by atoms with van der Waals surface area (Å²) >= 11 is 3.25. The molecule has 0 spiro atoms. The average Bonchev–Trinajstić information content (AvgIpc) is 1.77. The lowest BCUT2D eigenvalue weighted by Crippen LogP contribution is -2.36. The van der Waals surface area contributed by atoms with E-state index in [2.05, 4.69) is 21.4 Å². The molecule has 3 nitrogen and oxygen atoms in total. The molecule has 4 heteroatoms. The minimum atomic E-state index is 0.985. The molecule has 0 aromatic heterocycles. The number of hydrogen-bond donors (Lipinski definition) is 2.